The summed E-state index contributed by atoms with van der Waals surface area (Å²) in [5.74, 6) is 0.159. The van der Waals surface area contributed by atoms with Crippen molar-refractivity contribution in [1.29, 1.82) is 0 Å². The third-order valence-corrected chi connectivity index (χ3v) is 4.12. The number of aliphatic imine (C=N–C) groups is 1. The van der Waals surface area contributed by atoms with Crippen LogP contribution in [0.2, 0.25) is 0 Å². The van der Waals surface area contributed by atoms with Gasteiger partial charge < -0.3 is 10.2 Å². The van der Waals surface area contributed by atoms with Gasteiger partial charge in [0.15, 0.2) is 5.82 Å². The van der Waals surface area contributed by atoms with Crippen molar-refractivity contribution in [2.24, 2.45) is 4.99 Å². The van der Waals surface area contributed by atoms with E-state index >= 15 is 0 Å². The summed E-state index contributed by atoms with van der Waals surface area (Å²) in [4.78, 5) is 27.0. The van der Waals surface area contributed by atoms with Gasteiger partial charge in [0.1, 0.15) is 23.5 Å². The van der Waals surface area contributed by atoms with Gasteiger partial charge in [0.05, 0.1) is 5.69 Å². The van der Waals surface area contributed by atoms with Crippen LogP contribution < -0.4 is 10.2 Å². The van der Waals surface area contributed by atoms with Gasteiger partial charge in [-0.05, 0) is 51.0 Å². The molecule has 1 N–H and O–H groups in total. The van der Waals surface area contributed by atoms with Gasteiger partial charge in [0.2, 0.25) is 0 Å². The normalized spacial score (nSPS) is 13.8. The first-order chi connectivity index (χ1) is 12.0. The molecule has 0 spiro atoms. The predicted octanol–water partition coefficient (Wildman–Crippen LogP) is 2.85. The molecule has 1 aliphatic rings. The third-order valence-electron chi connectivity index (χ3n) is 4.12. The molecule has 1 aromatic carbocycles. The topological polar surface area (TPSA) is 70.5 Å². The van der Waals surface area contributed by atoms with Crippen LogP contribution in [0.5, 0.6) is 0 Å². The summed E-state index contributed by atoms with van der Waals surface area (Å²) in [7, 11) is 0. The van der Waals surface area contributed by atoms with Crippen LogP contribution in [0.1, 0.15) is 25.1 Å². The number of amides is 1. The summed E-state index contributed by atoms with van der Waals surface area (Å²) in [6.07, 6.45) is 2.21. The van der Waals surface area contributed by atoms with E-state index in [0.29, 0.717) is 36.0 Å². The lowest BCUT2D eigenvalue weighted by Gasteiger charge is -2.20. The first kappa shape index (κ1) is 17.0. The fraction of sp³-hybridized carbons (Fsp3) is 0.333. The monoisotopic (exact) mass is 341 g/mol. The highest BCUT2D eigenvalue weighted by Gasteiger charge is 2.25. The van der Waals surface area contributed by atoms with E-state index in [9.17, 15) is 9.18 Å². The average molecular weight is 341 g/mol. The maximum Gasteiger partial charge on any atom is 0.265 e. The van der Waals surface area contributed by atoms with Crippen molar-refractivity contribution in [1.82, 2.24) is 15.3 Å². The largest absolute Gasteiger partial charge is 0.351 e. The van der Waals surface area contributed by atoms with E-state index in [1.807, 2.05) is 18.7 Å². The number of benzene rings is 1. The average Bonchev–Trinajstić information content (AvgIpc) is 2.99. The fourth-order valence-electron chi connectivity index (χ4n) is 2.88. The van der Waals surface area contributed by atoms with E-state index in [4.69, 9.17) is 0 Å². The van der Waals surface area contributed by atoms with E-state index in [2.05, 4.69) is 20.3 Å². The van der Waals surface area contributed by atoms with Gasteiger partial charge in [-0.2, -0.15) is 0 Å². The predicted molar refractivity (Wildman–Crippen MR) is 95.3 cm³/mol. The minimum Gasteiger partial charge on any atom is -0.351 e. The number of carbonyl (C=O) groups excluding carboxylic acids is 1. The summed E-state index contributed by atoms with van der Waals surface area (Å²) < 4.78 is 13.5. The van der Waals surface area contributed by atoms with E-state index in [-0.39, 0.29) is 11.7 Å². The first-order valence-electron chi connectivity index (χ1n) is 8.22. The summed E-state index contributed by atoms with van der Waals surface area (Å²) >= 11 is 0. The standard InChI is InChI=1S/C18H20FN5O/c1-4-20-18(25)12(3)23-16-11(2)21-10-22-17(16)24-8-7-13-9-14(19)5-6-15(13)24/h5-6,9-10H,4,7-8H2,1-3H3,(H,20,25)/b23-12+. The molecule has 7 heteroatoms. The van der Waals surface area contributed by atoms with Crippen LogP contribution in [0.25, 0.3) is 0 Å². The number of hydrogen-bond donors (Lipinski definition) is 1. The Hall–Kier alpha value is -2.83. The number of aromatic nitrogens is 2. The van der Waals surface area contributed by atoms with E-state index in [0.717, 1.165) is 17.7 Å². The molecule has 0 bridgehead atoms. The number of fused-ring (bicyclic) bond motifs is 1. The first-order valence-corrected chi connectivity index (χ1v) is 8.22. The maximum absolute atomic E-state index is 13.5. The second kappa shape index (κ2) is 6.96. The molecule has 0 saturated carbocycles. The minimum atomic E-state index is -0.246. The van der Waals surface area contributed by atoms with Crippen molar-refractivity contribution in [2.45, 2.75) is 27.2 Å². The Balaban J connectivity index is 2.04. The Kier molecular flexibility index (Phi) is 4.74. The van der Waals surface area contributed by atoms with Gasteiger partial charge in [-0.15, -0.1) is 0 Å². The number of nitrogens with zero attached hydrogens (tertiary/aromatic N) is 4. The van der Waals surface area contributed by atoms with Crippen LogP contribution in [-0.2, 0) is 11.2 Å². The molecule has 0 saturated heterocycles. The molecule has 2 aromatic rings. The number of carbonyl (C=O) groups is 1. The lowest BCUT2D eigenvalue weighted by atomic mass is 10.1. The molecular formula is C18H20FN5O. The molecule has 25 heavy (non-hydrogen) atoms. The Bertz CT molecular complexity index is 849. The number of rotatable bonds is 4. The molecule has 1 aromatic heterocycles. The molecule has 0 fully saturated rings. The van der Waals surface area contributed by atoms with Crippen molar-refractivity contribution in [2.75, 3.05) is 18.0 Å². The van der Waals surface area contributed by atoms with Crippen LogP contribution in [0, 0.1) is 12.7 Å². The Morgan fingerprint density at radius 3 is 2.96 bits per heavy atom. The molecule has 3 rings (SSSR count). The van der Waals surface area contributed by atoms with Crippen molar-refractivity contribution in [3.05, 3.63) is 41.6 Å². The Labute approximate surface area is 145 Å². The van der Waals surface area contributed by atoms with Crippen LogP contribution in [-0.4, -0.2) is 34.7 Å². The summed E-state index contributed by atoms with van der Waals surface area (Å²) in [5.41, 5.74) is 3.44. The van der Waals surface area contributed by atoms with Gasteiger partial charge in [0, 0.05) is 18.8 Å². The van der Waals surface area contributed by atoms with E-state index < -0.39 is 0 Å². The van der Waals surface area contributed by atoms with Gasteiger partial charge in [0.25, 0.3) is 5.91 Å². The molecular weight excluding hydrogens is 321 g/mol. The second-order valence-corrected chi connectivity index (χ2v) is 5.86. The number of halogens is 1. The molecule has 1 aliphatic heterocycles. The van der Waals surface area contributed by atoms with Crippen molar-refractivity contribution in [3.63, 3.8) is 0 Å². The highest BCUT2D eigenvalue weighted by atomic mass is 19.1. The molecule has 0 radical (unpaired) electrons. The van der Waals surface area contributed by atoms with Gasteiger partial charge >= 0.3 is 0 Å². The molecule has 0 aliphatic carbocycles. The number of anilines is 2. The highest BCUT2D eigenvalue weighted by molar-refractivity contribution is 6.38. The van der Waals surface area contributed by atoms with Crippen molar-refractivity contribution < 1.29 is 9.18 Å². The lowest BCUT2D eigenvalue weighted by Crippen LogP contribution is -2.29. The smallest absolute Gasteiger partial charge is 0.265 e. The molecule has 130 valence electrons. The van der Waals surface area contributed by atoms with Gasteiger partial charge in [-0.3, -0.25) is 4.79 Å². The van der Waals surface area contributed by atoms with Crippen molar-refractivity contribution in [3.8, 4) is 0 Å². The van der Waals surface area contributed by atoms with Crippen LogP contribution in [0.4, 0.5) is 21.6 Å². The summed E-state index contributed by atoms with van der Waals surface area (Å²) in [5, 5.41) is 2.73. The van der Waals surface area contributed by atoms with Gasteiger partial charge in [-0.25, -0.2) is 19.4 Å². The third kappa shape index (κ3) is 3.35. The van der Waals surface area contributed by atoms with E-state index in [1.165, 1.54) is 12.4 Å². The zero-order valence-corrected chi connectivity index (χ0v) is 14.5. The summed E-state index contributed by atoms with van der Waals surface area (Å²) in [6, 6.07) is 4.74. The zero-order valence-electron chi connectivity index (χ0n) is 14.5. The second-order valence-electron chi connectivity index (χ2n) is 5.86. The quantitative estimate of drug-likeness (QED) is 0.868. The van der Waals surface area contributed by atoms with Crippen molar-refractivity contribution >= 4 is 28.8 Å². The molecule has 0 atom stereocenters. The van der Waals surface area contributed by atoms with Crippen LogP contribution >= 0.6 is 0 Å². The SMILES string of the molecule is CCNC(=O)/C(C)=N/c1c(C)ncnc1N1CCc2cc(F)ccc21. The Morgan fingerprint density at radius 1 is 1.40 bits per heavy atom. The minimum absolute atomic E-state index is 0.222. The van der Waals surface area contributed by atoms with Crippen LogP contribution in [0.15, 0.2) is 29.5 Å². The fourth-order valence-corrected chi connectivity index (χ4v) is 2.88. The number of nitrogens with one attached hydrogen (secondary N) is 1. The Morgan fingerprint density at radius 2 is 2.20 bits per heavy atom. The number of hydrogen-bond acceptors (Lipinski definition) is 5. The lowest BCUT2D eigenvalue weighted by molar-refractivity contribution is -0.114. The molecule has 2 heterocycles. The maximum atomic E-state index is 13.5. The highest BCUT2D eigenvalue weighted by Crippen LogP contribution is 2.39. The summed E-state index contributed by atoms with van der Waals surface area (Å²) in [6.45, 7) is 6.56. The number of aryl methyl sites for hydroxylation is 1. The van der Waals surface area contributed by atoms with E-state index in [1.54, 1.807) is 19.1 Å². The molecule has 0 unspecified atom stereocenters. The zero-order chi connectivity index (χ0) is 18.0. The van der Waals surface area contributed by atoms with Crippen LogP contribution in [0.3, 0.4) is 0 Å². The molecule has 1 amide bonds. The molecule has 6 nitrogen and oxygen atoms in total. The van der Waals surface area contributed by atoms with Gasteiger partial charge in [-0.1, -0.05) is 0 Å².